The molecule has 2 aliphatic heterocycles. The number of aromatic nitrogens is 1. The lowest BCUT2D eigenvalue weighted by Gasteiger charge is -2.24. The van der Waals surface area contributed by atoms with Crippen molar-refractivity contribution in [2.24, 2.45) is 5.92 Å². The van der Waals surface area contributed by atoms with E-state index in [1.165, 1.54) is 0 Å². The molecule has 12 nitrogen and oxygen atoms in total. The van der Waals surface area contributed by atoms with E-state index in [1.54, 1.807) is 0 Å². The van der Waals surface area contributed by atoms with Crippen LogP contribution in [0.5, 0.6) is 0 Å². The maximum absolute atomic E-state index is 13.6. The summed E-state index contributed by atoms with van der Waals surface area (Å²) in [6.45, 7) is 3.81. The van der Waals surface area contributed by atoms with Crippen LogP contribution in [0.1, 0.15) is 57.9 Å². The number of unbranched alkanes of at least 4 members (excludes halogenated alkanes) is 1. The minimum Gasteiger partial charge on any atom is -0.481 e. The molecule has 0 radical (unpaired) electrons. The SMILES string of the molecule is CC(C)CC(NC(=O)C(Cc1c[nH]c2ccccc12)NC(=O)CCCCC1SCC2NC(=O)NC21)C(=O)NCCC(=O)O. The minimum atomic E-state index is -1.03. The highest BCUT2D eigenvalue weighted by Crippen LogP contribution is 2.33. The number of rotatable bonds is 16. The molecule has 5 unspecified atom stereocenters. The fraction of sp³-hybridized carbons (Fsp3) is 0.567. The number of carbonyl (C=O) groups excluding carboxylic acids is 4. The number of nitrogens with one attached hydrogen (secondary N) is 6. The fourth-order valence-corrected chi connectivity index (χ4v) is 7.20. The number of para-hydroxylation sites is 1. The van der Waals surface area contributed by atoms with E-state index in [0.29, 0.717) is 18.1 Å². The number of amides is 5. The molecule has 0 saturated carbocycles. The molecule has 7 N–H and O–H groups in total. The third-order valence-electron chi connectivity index (χ3n) is 7.81. The van der Waals surface area contributed by atoms with Crippen LogP contribution in [0.2, 0.25) is 0 Å². The second kappa shape index (κ2) is 15.1. The number of carboxylic acids is 1. The van der Waals surface area contributed by atoms with Crippen molar-refractivity contribution in [3.63, 3.8) is 0 Å². The third-order valence-corrected chi connectivity index (χ3v) is 9.32. The second-order valence-electron chi connectivity index (χ2n) is 11.7. The van der Waals surface area contributed by atoms with Crippen molar-refractivity contribution in [2.45, 2.75) is 88.2 Å². The van der Waals surface area contributed by atoms with Gasteiger partial charge in [-0.1, -0.05) is 38.5 Å². The van der Waals surface area contributed by atoms with Crippen LogP contribution in [0.3, 0.4) is 0 Å². The highest BCUT2D eigenvalue weighted by atomic mass is 32.2. The van der Waals surface area contributed by atoms with Gasteiger partial charge in [-0.2, -0.15) is 11.8 Å². The van der Waals surface area contributed by atoms with Crippen molar-refractivity contribution >= 4 is 52.4 Å². The summed E-state index contributed by atoms with van der Waals surface area (Å²) in [5, 5.41) is 24.4. The van der Waals surface area contributed by atoms with Crippen molar-refractivity contribution in [1.29, 1.82) is 0 Å². The summed E-state index contributed by atoms with van der Waals surface area (Å²) in [6.07, 6.45) is 4.78. The monoisotopic (exact) mass is 614 g/mol. The normalized spacial score (nSPS) is 20.6. The number of hydrogen-bond donors (Lipinski definition) is 7. The summed E-state index contributed by atoms with van der Waals surface area (Å²) in [7, 11) is 0. The molecule has 3 heterocycles. The van der Waals surface area contributed by atoms with Gasteiger partial charge in [0.15, 0.2) is 0 Å². The summed E-state index contributed by atoms with van der Waals surface area (Å²) in [5.41, 5.74) is 1.78. The summed E-state index contributed by atoms with van der Waals surface area (Å²) in [4.78, 5) is 65.2. The molecule has 0 aliphatic carbocycles. The van der Waals surface area contributed by atoms with Crippen molar-refractivity contribution in [3.05, 3.63) is 36.0 Å². The van der Waals surface area contributed by atoms with E-state index in [2.05, 4.69) is 31.6 Å². The van der Waals surface area contributed by atoms with Crippen LogP contribution in [0.25, 0.3) is 10.9 Å². The molecule has 43 heavy (non-hydrogen) atoms. The van der Waals surface area contributed by atoms with E-state index in [4.69, 9.17) is 5.11 Å². The molecule has 5 atom stereocenters. The number of benzene rings is 1. The Balaban J connectivity index is 1.37. The Bertz CT molecular complexity index is 1320. The lowest BCUT2D eigenvalue weighted by molar-refractivity contribution is -0.137. The first-order valence-electron chi connectivity index (χ1n) is 14.9. The molecule has 1 aromatic heterocycles. The van der Waals surface area contributed by atoms with Crippen LogP contribution in [-0.4, -0.2) is 81.5 Å². The number of carboxylic acid groups (broad SMARTS) is 1. The van der Waals surface area contributed by atoms with Crippen molar-refractivity contribution in [1.82, 2.24) is 31.6 Å². The Morgan fingerprint density at radius 3 is 2.58 bits per heavy atom. The predicted molar refractivity (Wildman–Crippen MR) is 165 cm³/mol. The number of carbonyl (C=O) groups is 5. The summed E-state index contributed by atoms with van der Waals surface area (Å²) in [6, 6.07) is 6.08. The number of thioether (sulfide) groups is 1. The number of H-pyrrole nitrogens is 1. The number of hydrogen-bond acceptors (Lipinski definition) is 6. The van der Waals surface area contributed by atoms with Crippen LogP contribution in [-0.2, 0) is 25.6 Å². The maximum atomic E-state index is 13.6. The molecular formula is C30H42N6O6S. The molecule has 0 spiro atoms. The van der Waals surface area contributed by atoms with Gasteiger partial charge in [0, 0.05) is 47.5 Å². The molecule has 1 aromatic carbocycles. The summed E-state index contributed by atoms with van der Waals surface area (Å²) < 4.78 is 0. The van der Waals surface area contributed by atoms with E-state index < -0.39 is 29.9 Å². The van der Waals surface area contributed by atoms with Crippen LogP contribution < -0.4 is 26.6 Å². The summed E-state index contributed by atoms with van der Waals surface area (Å²) in [5.74, 6) is -1.25. The Morgan fingerprint density at radius 1 is 1.02 bits per heavy atom. The lowest BCUT2D eigenvalue weighted by atomic mass is 10.0. The zero-order chi connectivity index (χ0) is 30.9. The molecule has 13 heteroatoms. The van der Waals surface area contributed by atoms with Gasteiger partial charge in [0.25, 0.3) is 0 Å². The number of aliphatic carboxylic acids is 1. The van der Waals surface area contributed by atoms with Gasteiger partial charge in [-0.3, -0.25) is 19.2 Å². The van der Waals surface area contributed by atoms with Gasteiger partial charge in [-0.05, 0) is 36.8 Å². The second-order valence-corrected chi connectivity index (χ2v) is 12.9. The predicted octanol–water partition coefficient (Wildman–Crippen LogP) is 2.04. The highest BCUT2D eigenvalue weighted by Gasteiger charge is 2.42. The third kappa shape index (κ3) is 9.12. The van der Waals surface area contributed by atoms with E-state index in [9.17, 15) is 24.0 Å². The Kier molecular flexibility index (Phi) is 11.3. The Labute approximate surface area is 255 Å². The first kappa shape index (κ1) is 32.2. The molecule has 5 amide bonds. The largest absolute Gasteiger partial charge is 0.481 e. The van der Waals surface area contributed by atoms with Gasteiger partial charge in [0.2, 0.25) is 17.7 Å². The molecule has 234 valence electrons. The van der Waals surface area contributed by atoms with Crippen LogP contribution in [0, 0.1) is 5.92 Å². The Morgan fingerprint density at radius 2 is 1.81 bits per heavy atom. The smallest absolute Gasteiger partial charge is 0.315 e. The molecule has 2 saturated heterocycles. The molecule has 2 aliphatic rings. The molecule has 0 bridgehead atoms. The van der Waals surface area contributed by atoms with Crippen molar-refractivity contribution < 1.29 is 29.1 Å². The number of aromatic amines is 1. The van der Waals surface area contributed by atoms with E-state index in [1.807, 2.05) is 56.1 Å². The van der Waals surface area contributed by atoms with Gasteiger partial charge in [-0.15, -0.1) is 0 Å². The fourth-order valence-electron chi connectivity index (χ4n) is 5.66. The number of urea groups is 1. The summed E-state index contributed by atoms with van der Waals surface area (Å²) >= 11 is 1.84. The van der Waals surface area contributed by atoms with Gasteiger partial charge in [-0.25, -0.2) is 4.79 Å². The highest BCUT2D eigenvalue weighted by molar-refractivity contribution is 8.00. The van der Waals surface area contributed by atoms with Gasteiger partial charge >= 0.3 is 12.0 Å². The molecular weight excluding hydrogens is 572 g/mol. The van der Waals surface area contributed by atoms with Crippen LogP contribution in [0.15, 0.2) is 30.5 Å². The van der Waals surface area contributed by atoms with Crippen LogP contribution >= 0.6 is 11.8 Å². The average Bonchev–Trinajstić information content (AvgIpc) is 3.64. The maximum Gasteiger partial charge on any atom is 0.315 e. The standard InChI is InChI=1S/C30H42N6O6S/c1-17(2)13-21(28(40)31-12-11-26(38)39)34-29(41)22(14-18-15-32-20-8-4-3-7-19(18)20)33-25(37)10-6-5-9-24-27-23(16-43-24)35-30(42)36-27/h3-4,7-8,15,17,21-24,27,32H,5-6,9-14,16H2,1-2H3,(H,31,40)(H,33,37)(H,34,41)(H,38,39)(H2,35,36,42). The average molecular weight is 615 g/mol. The van der Waals surface area contributed by atoms with Gasteiger partial charge in [0.05, 0.1) is 18.5 Å². The minimum absolute atomic E-state index is 0.0439. The zero-order valence-electron chi connectivity index (χ0n) is 24.6. The quantitative estimate of drug-likeness (QED) is 0.112. The van der Waals surface area contributed by atoms with Crippen molar-refractivity contribution in [2.75, 3.05) is 12.3 Å². The van der Waals surface area contributed by atoms with Gasteiger partial charge < -0.3 is 36.7 Å². The van der Waals surface area contributed by atoms with Crippen molar-refractivity contribution in [3.8, 4) is 0 Å². The molecule has 2 aromatic rings. The molecule has 4 rings (SSSR count). The van der Waals surface area contributed by atoms with E-state index >= 15 is 0 Å². The van der Waals surface area contributed by atoms with Gasteiger partial charge in [0.1, 0.15) is 12.1 Å². The molecule has 2 fully saturated rings. The van der Waals surface area contributed by atoms with E-state index in [-0.39, 0.29) is 55.7 Å². The first-order chi connectivity index (χ1) is 20.6. The number of fused-ring (bicyclic) bond motifs is 2. The topological polar surface area (TPSA) is 182 Å². The first-order valence-corrected chi connectivity index (χ1v) is 16.0. The van der Waals surface area contributed by atoms with Crippen LogP contribution in [0.4, 0.5) is 4.79 Å². The Hall–Kier alpha value is -3.74. The van der Waals surface area contributed by atoms with E-state index in [0.717, 1.165) is 35.1 Å². The zero-order valence-corrected chi connectivity index (χ0v) is 25.4. The lowest BCUT2D eigenvalue weighted by Crippen LogP contribution is -2.54.